The highest BCUT2D eigenvalue weighted by atomic mass is 16.6. The van der Waals surface area contributed by atoms with E-state index in [2.05, 4.69) is 5.16 Å². The molecule has 1 saturated heterocycles. The molecule has 23 heavy (non-hydrogen) atoms. The molecule has 1 aromatic rings. The van der Waals surface area contributed by atoms with Crippen LogP contribution < -0.4 is 5.73 Å². The van der Waals surface area contributed by atoms with Crippen LogP contribution in [0.3, 0.4) is 0 Å². The molecule has 8 nitrogen and oxygen atoms in total. The quantitative estimate of drug-likeness (QED) is 0.258. The summed E-state index contributed by atoms with van der Waals surface area (Å²) in [6.45, 7) is 2.07. The molecule has 1 unspecified atom stereocenters. The lowest BCUT2D eigenvalue weighted by Crippen LogP contribution is -2.40. The number of likely N-dealkylation sites (tertiary alicyclic amines) is 1. The van der Waals surface area contributed by atoms with Crippen LogP contribution in [-0.2, 0) is 4.84 Å². The molecule has 0 aromatic heterocycles. The van der Waals surface area contributed by atoms with E-state index in [1.165, 1.54) is 24.3 Å². The van der Waals surface area contributed by atoms with E-state index in [-0.39, 0.29) is 17.8 Å². The number of benzene rings is 1. The third-order valence-corrected chi connectivity index (χ3v) is 3.80. The summed E-state index contributed by atoms with van der Waals surface area (Å²) in [5.74, 6) is 0.179. The highest BCUT2D eigenvalue weighted by Crippen LogP contribution is 2.15. The SMILES string of the molecule is NC(=NOCCCN1CCCCC1O)c1ccc([N+](=O)[O-])cc1. The van der Waals surface area contributed by atoms with Crippen LogP contribution in [0.15, 0.2) is 29.4 Å². The van der Waals surface area contributed by atoms with Crippen molar-refractivity contribution in [2.45, 2.75) is 31.9 Å². The fraction of sp³-hybridized carbons (Fsp3) is 0.533. The smallest absolute Gasteiger partial charge is 0.269 e. The van der Waals surface area contributed by atoms with Crippen molar-refractivity contribution < 1.29 is 14.9 Å². The summed E-state index contributed by atoms with van der Waals surface area (Å²) in [6.07, 6.45) is 3.41. The molecule has 0 saturated carbocycles. The fourth-order valence-electron chi connectivity index (χ4n) is 2.49. The van der Waals surface area contributed by atoms with Gasteiger partial charge in [0, 0.05) is 30.8 Å². The Morgan fingerprint density at radius 1 is 1.43 bits per heavy atom. The Bertz CT molecular complexity index is 547. The first-order chi connectivity index (χ1) is 11.1. The number of hydrogen-bond acceptors (Lipinski definition) is 6. The molecule has 8 heteroatoms. The lowest BCUT2D eigenvalue weighted by atomic mass is 10.1. The number of rotatable bonds is 7. The maximum absolute atomic E-state index is 10.6. The summed E-state index contributed by atoms with van der Waals surface area (Å²) in [6, 6.07) is 5.81. The lowest BCUT2D eigenvalue weighted by Gasteiger charge is -2.31. The Morgan fingerprint density at radius 3 is 2.83 bits per heavy atom. The molecule has 0 aliphatic carbocycles. The summed E-state index contributed by atoms with van der Waals surface area (Å²) < 4.78 is 0. The van der Waals surface area contributed by atoms with Crippen LogP contribution in [0.2, 0.25) is 0 Å². The van der Waals surface area contributed by atoms with Gasteiger partial charge < -0.3 is 15.7 Å². The standard InChI is InChI=1S/C15H22N4O4/c16-15(12-5-7-13(8-6-12)19(21)22)17-23-11-3-10-18-9-2-1-4-14(18)20/h5-8,14,20H,1-4,9-11H2,(H2,16,17). The van der Waals surface area contributed by atoms with Crippen LogP contribution in [0.1, 0.15) is 31.2 Å². The summed E-state index contributed by atoms with van der Waals surface area (Å²) in [4.78, 5) is 17.3. The molecular formula is C15H22N4O4. The van der Waals surface area contributed by atoms with Crippen LogP contribution in [-0.4, -0.2) is 46.7 Å². The average molecular weight is 322 g/mol. The Hall–Kier alpha value is -2.19. The van der Waals surface area contributed by atoms with Crippen molar-refractivity contribution in [2.24, 2.45) is 10.9 Å². The zero-order valence-corrected chi connectivity index (χ0v) is 12.9. The first-order valence-corrected chi connectivity index (χ1v) is 7.70. The number of non-ortho nitro benzene ring substituents is 1. The molecule has 126 valence electrons. The van der Waals surface area contributed by atoms with Gasteiger partial charge in [0.1, 0.15) is 12.8 Å². The minimum Gasteiger partial charge on any atom is -0.394 e. The third kappa shape index (κ3) is 5.19. The fourth-order valence-corrected chi connectivity index (χ4v) is 2.49. The predicted octanol–water partition coefficient (Wildman–Crippen LogP) is 1.43. The monoisotopic (exact) mass is 322 g/mol. The number of hydrogen-bond donors (Lipinski definition) is 2. The Labute approximate surface area is 134 Å². The van der Waals surface area contributed by atoms with Gasteiger partial charge in [-0.1, -0.05) is 5.16 Å². The second-order valence-corrected chi connectivity index (χ2v) is 5.48. The van der Waals surface area contributed by atoms with E-state index in [4.69, 9.17) is 10.6 Å². The number of aliphatic hydroxyl groups is 1. The van der Waals surface area contributed by atoms with Crippen molar-refractivity contribution >= 4 is 11.5 Å². The zero-order chi connectivity index (χ0) is 16.7. The molecule has 1 fully saturated rings. The first kappa shape index (κ1) is 17.2. The van der Waals surface area contributed by atoms with Gasteiger partial charge in [0.15, 0.2) is 5.84 Å². The third-order valence-electron chi connectivity index (χ3n) is 3.80. The van der Waals surface area contributed by atoms with E-state index in [0.717, 1.165) is 38.8 Å². The molecule has 1 aliphatic rings. The Morgan fingerprint density at radius 2 is 2.17 bits per heavy atom. The van der Waals surface area contributed by atoms with Crippen LogP contribution in [0.25, 0.3) is 0 Å². The lowest BCUT2D eigenvalue weighted by molar-refractivity contribution is -0.384. The molecule has 0 spiro atoms. The number of amidine groups is 1. The number of aliphatic hydroxyl groups excluding tert-OH is 1. The van der Waals surface area contributed by atoms with Crippen LogP contribution in [0, 0.1) is 10.1 Å². The highest BCUT2D eigenvalue weighted by Gasteiger charge is 2.18. The van der Waals surface area contributed by atoms with Gasteiger partial charge in [-0.05, 0) is 37.8 Å². The summed E-state index contributed by atoms with van der Waals surface area (Å²) in [5.41, 5.74) is 6.35. The number of piperidine rings is 1. The molecule has 0 radical (unpaired) electrons. The first-order valence-electron chi connectivity index (χ1n) is 7.70. The van der Waals surface area contributed by atoms with Crippen LogP contribution >= 0.6 is 0 Å². The van der Waals surface area contributed by atoms with E-state index >= 15 is 0 Å². The molecule has 1 heterocycles. The van der Waals surface area contributed by atoms with Crippen molar-refractivity contribution in [2.75, 3.05) is 19.7 Å². The van der Waals surface area contributed by atoms with E-state index < -0.39 is 4.92 Å². The molecule has 0 bridgehead atoms. The molecule has 1 aromatic carbocycles. The van der Waals surface area contributed by atoms with Gasteiger partial charge in [0.25, 0.3) is 5.69 Å². The van der Waals surface area contributed by atoms with E-state index in [0.29, 0.717) is 12.2 Å². The zero-order valence-electron chi connectivity index (χ0n) is 12.9. The molecular weight excluding hydrogens is 300 g/mol. The van der Waals surface area contributed by atoms with Crippen LogP contribution in [0.5, 0.6) is 0 Å². The number of nitro groups is 1. The van der Waals surface area contributed by atoms with Crippen LogP contribution in [0.4, 0.5) is 5.69 Å². The molecule has 1 aliphatic heterocycles. The van der Waals surface area contributed by atoms with Crippen molar-refractivity contribution in [1.82, 2.24) is 4.90 Å². The van der Waals surface area contributed by atoms with Gasteiger partial charge in [-0.25, -0.2) is 0 Å². The average Bonchev–Trinajstić information content (AvgIpc) is 2.56. The maximum atomic E-state index is 10.6. The van der Waals surface area contributed by atoms with Gasteiger partial charge >= 0.3 is 0 Å². The second kappa shape index (κ2) is 8.44. The maximum Gasteiger partial charge on any atom is 0.269 e. The molecule has 0 amide bonds. The molecule has 1 atom stereocenters. The minimum atomic E-state index is -0.470. The number of oxime groups is 1. The summed E-state index contributed by atoms with van der Waals surface area (Å²) >= 11 is 0. The number of nitrogens with two attached hydrogens (primary N) is 1. The number of nitro benzene ring substituents is 1. The topological polar surface area (TPSA) is 114 Å². The van der Waals surface area contributed by atoms with Gasteiger partial charge in [-0.3, -0.25) is 15.0 Å². The Balaban J connectivity index is 1.73. The highest BCUT2D eigenvalue weighted by molar-refractivity contribution is 5.97. The van der Waals surface area contributed by atoms with Crippen molar-refractivity contribution in [1.29, 1.82) is 0 Å². The summed E-state index contributed by atoms with van der Waals surface area (Å²) in [5, 5.41) is 24.2. The summed E-state index contributed by atoms with van der Waals surface area (Å²) in [7, 11) is 0. The van der Waals surface area contributed by atoms with Gasteiger partial charge in [0.2, 0.25) is 0 Å². The molecule has 3 N–H and O–H groups in total. The minimum absolute atomic E-state index is 0.00237. The second-order valence-electron chi connectivity index (χ2n) is 5.48. The van der Waals surface area contributed by atoms with Gasteiger partial charge in [-0.15, -0.1) is 0 Å². The normalized spacial score (nSPS) is 19.5. The Kier molecular flexibility index (Phi) is 6.30. The largest absolute Gasteiger partial charge is 0.394 e. The van der Waals surface area contributed by atoms with Gasteiger partial charge in [-0.2, -0.15) is 0 Å². The van der Waals surface area contributed by atoms with E-state index in [1.807, 2.05) is 4.90 Å². The van der Waals surface area contributed by atoms with Crippen molar-refractivity contribution in [3.8, 4) is 0 Å². The molecule has 2 rings (SSSR count). The van der Waals surface area contributed by atoms with Crippen molar-refractivity contribution in [3.63, 3.8) is 0 Å². The van der Waals surface area contributed by atoms with Crippen molar-refractivity contribution in [3.05, 3.63) is 39.9 Å². The number of nitrogens with zero attached hydrogens (tertiary/aromatic N) is 3. The van der Waals surface area contributed by atoms with E-state index in [1.54, 1.807) is 0 Å². The van der Waals surface area contributed by atoms with E-state index in [9.17, 15) is 15.2 Å². The van der Waals surface area contributed by atoms with Gasteiger partial charge in [0.05, 0.1) is 4.92 Å². The predicted molar refractivity (Wildman–Crippen MR) is 85.8 cm³/mol.